The Bertz CT molecular complexity index is 604. The fourth-order valence-corrected chi connectivity index (χ4v) is 3.18. The van der Waals surface area contributed by atoms with Crippen LogP contribution < -0.4 is 10.2 Å². The number of thiophene rings is 1. The van der Waals surface area contributed by atoms with Crippen molar-refractivity contribution in [2.75, 3.05) is 43.1 Å². The molecule has 1 fully saturated rings. The minimum absolute atomic E-state index is 0.0370. The minimum atomic E-state index is -0.144. The van der Waals surface area contributed by atoms with Gasteiger partial charge in [0.25, 0.3) is 0 Å². The van der Waals surface area contributed by atoms with Crippen molar-refractivity contribution >= 4 is 33.3 Å². The number of aromatic nitrogens is 2. The van der Waals surface area contributed by atoms with E-state index in [9.17, 15) is 5.11 Å². The van der Waals surface area contributed by atoms with Crippen LogP contribution in [0.15, 0.2) is 11.4 Å². The van der Waals surface area contributed by atoms with E-state index in [0.717, 1.165) is 35.5 Å². The topological polar surface area (TPSA) is 70.5 Å². The van der Waals surface area contributed by atoms with Gasteiger partial charge in [-0.15, -0.1) is 11.3 Å². The third-order valence-electron chi connectivity index (χ3n) is 3.48. The van der Waals surface area contributed by atoms with Crippen molar-refractivity contribution in [3.63, 3.8) is 0 Å². The summed E-state index contributed by atoms with van der Waals surface area (Å²) < 4.78 is 5.52. The Labute approximate surface area is 127 Å². The quantitative estimate of drug-likeness (QED) is 0.876. The van der Waals surface area contributed by atoms with Crippen molar-refractivity contribution in [3.05, 3.63) is 11.4 Å². The second-order valence-electron chi connectivity index (χ2n) is 5.06. The fourth-order valence-electron chi connectivity index (χ4n) is 2.42. The zero-order valence-electron chi connectivity index (χ0n) is 12.1. The van der Waals surface area contributed by atoms with Gasteiger partial charge in [0.1, 0.15) is 10.6 Å². The van der Waals surface area contributed by atoms with Gasteiger partial charge in [-0.25, -0.2) is 4.98 Å². The first-order valence-corrected chi connectivity index (χ1v) is 8.16. The Balaban J connectivity index is 1.93. The highest BCUT2D eigenvalue weighted by atomic mass is 32.1. The van der Waals surface area contributed by atoms with Gasteiger partial charge in [-0.1, -0.05) is 6.92 Å². The van der Waals surface area contributed by atoms with Crippen LogP contribution in [0.3, 0.4) is 0 Å². The molecule has 3 heterocycles. The smallest absolute Gasteiger partial charge is 0.226 e. The van der Waals surface area contributed by atoms with Crippen molar-refractivity contribution in [1.82, 2.24) is 9.97 Å². The largest absolute Gasteiger partial charge is 0.394 e. The number of aliphatic hydroxyl groups excluding tert-OH is 1. The summed E-state index contributed by atoms with van der Waals surface area (Å²) in [6.45, 7) is 5.06. The second-order valence-corrected chi connectivity index (χ2v) is 5.95. The molecule has 0 aromatic carbocycles. The number of nitrogens with one attached hydrogen (secondary N) is 1. The van der Waals surface area contributed by atoms with Gasteiger partial charge in [0, 0.05) is 19.6 Å². The molecule has 0 aliphatic carbocycles. The van der Waals surface area contributed by atoms with Crippen LogP contribution in [0.2, 0.25) is 0 Å². The van der Waals surface area contributed by atoms with Crippen LogP contribution in [0.4, 0.5) is 11.8 Å². The fraction of sp³-hybridized carbons (Fsp3) is 0.571. The minimum Gasteiger partial charge on any atom is -0.394 e. The summed E-state index contributed by atoms with van der Waals surface area (Å²) in [7, 11) is 0. The maximum Gasteiger partial charge on any atom is 0.226 e. The van der Waals surface area contributed by atoms with Gasteiger partial charge in [-0.2, -0.15) is 4.98 Å². The van der Waals surface area contributed by atoms with E-state index in [0.29, 0.717) is 19.1 Å². The molecule has 2 aromatic heterocycles. The van der Waals surface area contributed by atoms with E-state index >= 15 is 0 Å². The molecule has 21 heavy (non-hydrogen) atoms. The molecule has 0 radical (unpaired) electrons. The highest BCUT2D eigenvalue weighted by Gasteiger charge is 2.23. The molecular formula is C14H20N4O2S. The van der Waals surface area contributed by atoms with Gasteiger partial charge in [0.05, 0.1) is 24.7 Å². The van der Waals surface area contributed by atoms with Crippen LogP contribution in [0.1, 0.15) is 13.3 Å². The lowest BCUT2D eigenvalue weighted by Crippen LogP contribution is -2.44. The van der Waals surface area contributed by atoms with E-state index in [-0.39, 0.29) is 12.7 Å². The molecule has 1 saturated heterocycles. The molecule has 1 aliphatic rings. The lowest BCUT2D eigenvalue weighted by atomic mass is 10.2. The number of rotatable bonds is 5. The first-order chi connectivity index (χ1) is 10.3. The summed E-state index contributed by atoms with van der Waals surface area (Å²) in [6.07, 6.45) is 0.889. The number of hydrogen-bond acceptors (Lipinski definition) is 7. The molecular weight excluding hydrogens is 288 g/mol. The maximum atomic E-state index is 9.31. The average molecular weight is 308 g/mol. The van der Waals surface area contributed by atoms with Crippen molar-refractivity contribution < 1.29 is 9.84 Å². The molecule has 0 bridgehead atoms. The summed E-state index contributed by atoms with van der Waals surface area (Å²) >= 11 is 1.62. The molecule has 2 N–H and O–H groups in total. The van der Waals surface area contributed by atoms with Crippen molar-refractivity contribution in [1.29, 1.82) is 0 Å². The van der Waals surface area contributed by atoms with Crippen LogP contribution in [-0.4, -0.2) is 54.0 Å². The molecule has 114 valence electrons. The number of nitrogens with zero attached hydrogens (tertiary/aromatic N) is 3. The van der Waals surface area contributed by atoms with Crippen LogP contribution in [0, 0.1) is 0 Å². The molecule has 0 spiro atoms. The highest BCUT2D eigenvalue weighted by Crippen LogP contribution is 2.30. The first-order valence-electron chi connectivity index (χ1n) is 7.28. The van der Waals surface area contributed by atoms with Crippen LogP contribution in [0.25, 0.3) is 10.2 Å². The summed E-state index contributed by atoms with van der Waals surface area (Å²) in [5.74, 6) is 1.61. The first kappa shape index (κ1) is 14.5. The number of morpholine rings is 1. The standard InChI is InChI=1S/C14H20N4O2S/c1-2-4-15-14-16-12(11-3-7-21-13(11)17-14)18-5-6-20-10(8-18)9-19/h3,7,10,19H,2,4-6,8-9H2,1H3,(H,15,16,17). The summed E-state index contributed by atoms with van der Waals surface area (Å²) in [4.78, 5) is 12.4. The van der Waals surface area contributed by atoms with Gasteiger partial charge in [0.2, 0.25) is 5.95 Å². The highest BCUT2D eigenvalue weighted by molar-refractivity contribution is 7.16. The van der Waals surface area contributed by atoms with Gasteiger partial charge in [-0.3, -0.25) is 0 Å². The number of hydrogen-bond donors (Lipinski definition) is 2. The van der Waals surface area contributed by atoms with Crippen LogP contribution in [-0.2, 0) is 4.74 Å². The SMILES string of the molecule is CCCNc1nc(N2CCOC(CO)C2)c2ccsc2n1. The van der Waals surface area contributed by atoms with Crippen LogP contribution >= 0.6 is 11.3 Å². The lowest BCUT2D eigenvalue weighted by molar-refractivity contribution is 0.00344. The predicted octanol–water partition coefficient (Wildman–Crippen LogP) is 1.71. The Kier molecular flexibility index (Phi) is 4.52. The van der Waals surface area contributed by atoms with E-state index in [2.05, 4.69) is 33.2 Å². The molecule has 6 nitrogen and oxygen atoms in total. The van der Waals surface area contributed by atoms with Crippen molar-refractivity contribution in [2.24, 2.45) is 0 Å². The Morgan fingerprint density at radius 2 is 2.43 bits per heavy atom. The third-order valence-corrected chi connectivity index (χ3v) is 4.29. The van der Waals surface area contributed by atoms with Crippen LogP contribution in [0.5, 0.6) is 0 Å². The summed E-state index contributed by atoms with van der Waals surface area (Å²) in [5.41, 5.74) is 0. The molecule has 1 aliphatic heterocycles. The zero-order chi connectivity index (χ0) is 14.7. The summed E-state index contributed by atoms with van der Waals surface area (Å²) in [5, 5.41) is 15.7. The predicted molar refractivity (Wildman–Crippen MR) is 85.2 cm³/mol. The van der Waals surface area contributed by atoms with E-state index in [1.54, 1.807) is 11.3 Å². The molecule has 0 amide bonds. The molecule has 0 saturated carbocycles. The van der Waals surface area contributed by atoms with Gasteiger partial charge in [-0.05, 0) is 17.9 Å². The normalized spacial score (nSPS) is 19.1. The summed E-state index contributed by atoms with van der Waals surface area (Å²) in [6, 6.07) is 2.06. The molecule has 1 unspecified atom stereocenters. The number of anilines is 2. The second kappa shape index (κ2) is 6.55. The molecule has 2 aromatic rings. The maximum absolute atomic E-state index is 9.31. The van der Waals surface area contributed by atoms with Gasteiger partial charge in [0.15, 0.2) is 0 Å². The number of aliphatic hydroxyl groups is 1. The van der Waals surface area contributed by atoms with Crippen molar-refractivity contribution in [3.8, 4) is 0 Å². The van der Waals surface area contributed by atoms with Crippen molar-refractivity contribution in [2.45, 2.75) is 19.4 Å². The van der Waals surface area contributed by atoms with Gasteiger partial charge >= 0.3 is 0 Å². The third kappa shape index (κ3) is 3.09. The zero-order valence-corrected chi connectivity index (χ0v) is 12.9. The molecule has 7 heteroatoms. The van der Waals surface area contributed by atoms with E-state index in [1.165, 1.54) is 0 Å². The van der Waals surface area contributed by atoms with E-state index in [4.69, 9.17) is 4.74 Å². The average Bonchev–Trinajstić information content (AvgIpc) is 3.00. The van der Waals surface area contributed by atoms with Gasteiger partial charge < -0.3 is 20.1 Å². The monoisotopic (exact) mass is 308 g/mol. The Morgan fingerprint density at radius 1 is 1.52 bits per heavy atom. The number of fused-ring (bicyclic) bond motifs is 1. The molecule has 3 rings (SSSR count). The number of ether oxygens (including phenoxy) is 1. The Hall–Kier alpha value is -1.44. The Morgan fingerprint density at radius 3 is 3.24 bits per heavy atom. The van der Waals surface area contributed by atoms with E-state index < -0.39 is 0 Å². The van der Waals surface area contributed by atoms with E-state index in [1.807, 2.05) is 5.38 Å². The lowest BCUT2D eigenvalue weighted by Gasteiger charge is -2.33. The molecule has 1 atom stereocenters.